The predicted molar refractivity (Wildman–Crippen MR) is 147 cm³/mol. The normalized spacial score (nSPS) is 24.1. The topological polar surface area (TPSA) is 104 Å². The second kappa shape index (κ2) is 8.79. The summed E-state index contributed by atoms with van der Waals surface area (Å²) in [6, 6.07) is 11.8. The van der Waals surface area contributed by atoms with Crippen LogP contribution in [0.15, 0.2) is 47.4 Å². The maximum atomic E-state index is 13.9. The number of hydrogen-bond donors (Lipinski definition) is 1. The minimum absolute atomic E-state index is 0.146. The molecule has 0 unspecified atom stereocenters. The molecule has 2 heterocycles. The number of hydrogen-bond acceptors (Lipinski definition) is 5. The van der Waals surface area contributed by atoms with E-state index in [0.29, 0.717) is 42.2 Å². The second-order valence-electron chi connectivity index (χ2n) is 12.1. The van der Waals surface area contributed by atoms with Crippen LogP contribution < -0.4 is 9.62 Å². The molecule has 3 fully saturated rings. The Morgan fingerprint density at radius 2 is 1.68 bits per heavy atom. The summed E-state index contributed by atoms with van der Waals surface area (Å²) in [5.41, 5.74) is 2.85. The minimum Gasteiger partial charge on any atom is -0.307 e. The molecule has 0 radical (unpaired) electrons. The number of benzene rings is 2. The summed E-state index contributed by atoms with van der Waals surface area (Å²) in [6.45, 7) is 3.55. The van der Waals surface area contributed by atoms with E-state index in [1.54, 1.807) is 29.2 Å². The third-order valence-corrected chi connectivity index (χ3v) is 11.7. The van der Waals surface area contributed by atoms with Gasteiger partial charge in [-0.15, -0.1) is 0 Å². The monoisotopic (exact) mass is 557 g/mol. The van der Waals surface area contributed by atoms with Gasteiger partial charge in [0.15, 0.2) is 0 Å². The lowest BCUT2D eigenvalue weighted by molar-refractivity contribution is 0.0980. The van der Waals surface area contributed by atoms with Crippen molar-refractivity contribution in [2.24, 2.45) is 11.3 Å². The number of carbonyl (C=O) groups excluding carboxylic acids is 1. The molecule has 38 heavy (non-hydrogen) atoms. The fraction of sp³-hybridized carbons (Fsp3) is 0.536. The Labute approximate surface area is 225 Å². The zero-order valence-electron chi connectivity index (χ0n) is 21.9. The van der Waals surface area contributed by atoms with Crippen LogP contribution in [0.2, 0.25) is 0 Å². The third-order valence-electron chi connectivity index (χ3n) is 9.20. The number of nitrogens with one attached hydrogen (secondary N) is 1. The molecule has 0 bridgehead atoms. The van der Waals surface area contributed by atoms with Crippen molar-refractivity contribution in [3.8, 4) is 0 Å². The Bertz CT molecular complexity index is 1500. The average molecular weight is 558 g/mol. The van der Waals surface area contributed by atoms with Gasteiger partial charge in [-0.05, 0) is 98.2 Å². The maximum absolute atomic E-state index is 13.9. The summed E-state index contributed by atoms with van der Waals surface area (Å²) >= 11 is 0. The molecule has 1 atom stereocenters. The molecule has 6 rings (SSSR count). The van der Waals surface area contributed by atoms with E-state index in [1.165, 1.54) is 23.2 Å². The van der Waals surface area contributed by atoms with Crippen LogP contribution in [0.3, 0.4) is 0 Å². The van der Waals surface area contributed by atoms with Gasteiger partial charge < -0.3 is 4.90 Å². The van der Waals surface area contributed by atoms with E-state index < -0.39 is 20.0 Å². The van der Waals surface area contributed by atoms with Gasteiger partial charge in [0.2, 0.25) is 20.0 Å². The Hall–Kier alpha value is -2.43. The van der Waals surface area contributed by atoms with E-state index in [0.717, 1.165) is 49.6 Å². The minimum atomic E-state index is -3.67. The van der Waals surface area contributed by atoms with Gasteiger partial charge in [0.1, 0.15) is 0 Å². The molecule has 8 nitrogen and oxygen atoms in total. The SMILES string of the molecule is C[C@H]1CCN(S(=O)(=O)c2cccc(C(=O)N3CC4(CCC5(CC5)CC4)c4cc(NS(C)(=O)=O)ccc43)c2)C1. The van der Waals surface area contributed by atoms with Crippen LogP contribution in [0.5, 0.6) is 0 Å². The molecule has 2 aromatic rings. The number of nitrogens with zero attached hydrogens (tertiary/aromatic N) is 2. The van der Waals surface area contributed by atoms with Gasteiger partial charge in [0, 0.05) is 42.0 Å². The maximum Gasteiger partial charge on any atom is 0.258 e. The summed E-state index contributed by atoms with van der Waals surface area (Å²) in [5, 5.41) is 0. The van der Waals surface area contributed by atoms with E-state index in [2.05, 4.69) is 4.72 Å². The van der Waals surface area contributed by atoms with Crippen molar-refractivity contribution in [2.45, 2.75) is 62.2 Å². The first-order valence-electron chi connectivity index (χ1n) is 13.4. The molecule has 2 aliphatic carbocycles. The summed E-state index contributed by atoms with van der Waals surface area (Å²) < 4.78 is 54.5. The molecule has 2 aliphatic heterocycles. The van der Waals surface area contributed by atoms with E-state index in [9.17, 15) is 21.6 Å². The zero-order valence-corrected chi connectivity index (χ0v) is 23.6. The van der Waals surface area contributed by atoms with Crippen molar-refractivity contribution in [2.75, 3.05) is 35.5 Å². The molecular formula is C28H35N3O5S2. The van der Waals surface area contributed by atoms with Crippen molar-refractivity contribution < 1.29 is 21.6 Å². The van der Waals surface area contributed by atoms with Crippen molar-refractivity contribution in [1.29, 1.82) is 0 Å². The number of rotatable bonds is 5. The first-order chi connectivity index (χ1) is 17.9. The standard InChI is InChI=1S/C28H35N3O5S2/c1-20-8-15-30(18-20)38(35,36)23-5-3-4-21(16-23)26(32)31-19-28(13-11-27(9-10-27)12-14-28)24-17-22(6-7-25(24)31)29-37(2,33)34/h3-7,16-17,20,29H,8-15,18-19H2,1-2H3/t20-/m0/s1. The number of carbonyl (C=O) groups is 1. The lowest BCUT2D eigenvalue weighted by Crippen LogP contribution is -2.40. The van der Waals surface area contributed by atoms with Gasteiger partial charge in [-0.25, -0.2) is 16.8 Å². The quantitative estimate of drug-likeness (QED) is 0.589. The Morgan fingerprint density at radius 1 is 0.974 bits per heavy atom. The van der Waals surface area contributed by atoms with E-state index in [-0.39, 0.29) is 16.2 Å². The molecule has 204 valence electrons. The molecule has 0 aromatic heterocycles. The van der Waals surface area contributed by atoms with Crippen LogP contribution in [0.25, 0.3) is 0 Å². The van der Waals surface area contributed by atoms with Gasteiger partial charge >= 0.3 is 0 Å². The van der Waals surface area contributed by atoms with Gasteiger partial charge in [0.05, 0.1) is 11.2 Å². The van der Waals surface area contributed by atoms with Gasteiger partial charge in [-0.3, -0.25) is 9.52 Å². The van der Waals surface area contributed by atoms with E-state index in [1.807, 2.05) is 19.1 Å². The molecule has 10 heteroatoms. The van der Waals surface area contributed by atoms with Crippen LogP contribution >= 0.6 is 0 Å². The Balaban J connectivity index is 1.34. The first-order valence-corrected chi connectivity index (χ1v) is 16.8. The van der Waals surface area contributed by atoms with Crippen molar-refractivity contribution in [3.05, 3.63) is 53.6 Å². The largest absolute Gasteiger partial charge is 0.307 e. The molecule has 4 aliphatic rings. The first kappa shape index (κ1) is 25.8. The van der Waals surface area contributed by atoms with Gasteiger partial charge in [-0.2, -0.15) is 4.31 Å². The molecule has 2 aromatic carbocycles. The van der Waals surface area contributed by atoms with E-state index >= 15 is 0 Å². The Kier molecular flexibility index (Phi) is 5.97. The second-order valence-corrected chi connectivity index (χ2v) is 15.7. The number of fused-ring (bicyclic) bond motifs is 2. The molecule has 1 saturated heterocycles. The summed E-state index contributed by atoms with van der Waals surface area (Å²) in [7, 11) is -7.11. The Morgan fingerprint density at radius 3 is 2.32 bits per heavy atom. The summed E-state index contributed by atoms with van der Waals surface area (Å²) in [4.78, 5) is 15.9. The van der Waals surface area contributed by atoms with Crippen molar-refractivity contribution in [3.63, 3.8) is 0 Å². The van der Waals surface area contributed by atoms with Crippen LogP contribution in [0, 0.1) is 11.3 Å². The van der Waals surface area contributed by atoms with Crippen molar-refractivity contribution >= 4 is 37.3 Å². The lowest BCUT2D eigenvalue weighted by atomic mass is 9.66. The van der Waals surface area contributed by atoms with Crippen LogP contribution in [-0.2, 0) is 25.5 Å². The van der Waals surface area contributed by atoms with Gasteiger partial charge in [-0.1, -0.05) is 13.0 Å². The molecule has 2 saturated carbocycles. The summed E-state index contributed by atoms with van der Waals surface area (Å²) in [6.07, 6.45) is 8.63. The van der Waals surface area contributed by atoms with Crippen LogP contribution in [0.1, 0.15) is 67.8 Å². The highest BCUT2D eigenvalue weighted by atomic mass is 32.2. The highest BCUT2D eigenvalue weighted by molar-refractivity contribution is 7.92. The van der Waals surface area contributed by atoms with Crippen LogP contribution in [-0.4, -0.2) is 52.9 Å². The fourth-order valence-corrected chi connectivity index (χ4v) is 8.87. The van der Waals surface area contributed by atoms with E-state index in [4.69, 9.17) is 0 Å². The number of sulfonamides is 2. The summed E-state index contributed by atoms with van der Waals surface area (Å²) in [5.74, 6) is 0.0877. The highest BCUT2D eigenvalue weighted by Crippen LogP contribution is 2.62. The van der Waals surface area contributed by atoms with Gasteiger partial charge in [0.25, 0.3) is 5.91 Å². The predicted octanol–water partition coefficient (Wildman–Crippen LogP) is 4.34. The fourth-order valence-electron chi connectivity index (χ4n) is 6.70. The van der Waals surface area contributed by atoms with Crippen molar-refractivity contribution in [1.82, 2.24) is 4.31 Å². The molecule has 1 N–H and O–H groups in total. The zero-order chi connectivity index (χ0) is 26.9. The third kappa shape index (κ3) is 4.54. The number of amides is 1. The smallest absolute Gasteiger partial charge is 0.258 e. The van der Waals surface area contributed by atoms with Crippen LogP contribution in [0.4, 0.5) is 11.4 Å². The molecule has 2 spiro atoms. The average Bonchev–Trinajstić information content (AvgIpc) is 3.36. The number of anilines is 2. The molecular weight excluding hydrogens is 522 g/mol. The molecule has 1 amide bonds. The lowest BCUT2D eigenvalue weighted by Gasteiger charge is -2.38. The highest BCUT2D eigenvalue weighted by Gasteiger charge is 2.53.